The number of oxazole rings is 1. The summed E-state index contributed by atoms with van der Waals surface area (Å²) in [6.45, 7) is 2.16. The van der Waals surface area contributed by atoms with Gasteiger partial charge >= 0.3 is 0 Å². The maximum absolute atomic E-state index is 8.93. The lowest BCUT2D eigenvalue weighted by molar-refractivity contribution is 0.249. The molecule has 16 heavy (non-hydrogen) atoms. The number of piperidine rings is 1. The van der Waals surface area contributed by atoms with Crippen molar-refractivity contribution in [3.8, 4) is 0 Å². The van der Waals surface area contributed by atoms with Crippen LogP contribution in [-0.4, -0.2) is 48.2 Å². The highest BCUT2D eigenvalue weighted by molar-refractivity contribution is 5.27. The summed E-state index contributed by atoms with van der Waals surface area (Å²) in [5.74, 6) is 0. The third-order valence-corrected chi connectivity index (χ3v) is 3.24. The maximum atomic E-state index is 8.93. The second-order valence-electron chi connectivity index (χ2n) is 4.42. The van der Waals surface area contributed by atoms with E-state index in [9.17, 15) is 0 Å². The van der Waals surface area contributed by atoms with Crippen LogP contribution in [0.25, 0.3) is 0 Å². The summed E-state index contributed by atoms with van der Waals surface area (Å²) in [6.07, 6.45) is 3.77. The van der Waals surface area contributed by atoms with Crippen molar-refractivity contribution in [2.24, 2.45) is 0 Å². The molecule has 1 aromatic rings. The summed E-state index contributed by atoms with van der Waals surface area (Å²) in [7, 11) is 4.15. The number of aliphatic hydroxyl groups is 1. The molecule has 0 bridgehead atoms. The van der Waals surface area contributed by atoms with Crippen molar-refractivity contribution < 1.29 is 9.52 Å². The van der Waals surface area contributed by atoms with Crippen LogP contribution in [0.4, 0.5) is 6.01 Å². The molecule has 90 valence electrons. The van der Waals surface area contributed by atoms with Gasteiger partial charge in [-0.15, -0.1) is 0 Å². The zero-order valence-electron chi connectivity index (χ0n) is 9.89. The molecule has 0 unspecified atom stereocenters. The number of likely N-dealkylation sites (tertiary alicyclic amines) is 1. The monoisotopic (exact) mass is 225 g/mol. The van der Waals surface area contributed by atoms with Gasteiger partial charge in [0.15, 0.2) is 0 Å². The van der Waals surface area contributed by atoms with Crippen LogP contribution in [0.1, 0.15) is 18.5 Å². The Labute approximate surface area is 95.7 Å². The van der Waals surface area contributed by atoms with Crippen LogP contribution >= 0.6 is 0 Å². The molecule has 0 saturated carbocycles. The molecule has 2 rings (SSSR count). The fraction of sp³-hybridized carbons (Fsp3) is 0.727. The fourth-order valence-electron chi connectivity index (χ4n) is 2.07. The van der Waals surface area contributed by atoms with Gasteiger partial charge in [-0.3, -0.25) is 0 Å². The first-order valence-electron chi connectivity index (χ1n) is 5.67. The molecule has 1 saturated heterocycles. The SMILES string of the molecule is CN1CCC(N(C)c2nc(CO)co2)CC1. The van der Waals surface area contributed by atoms with Gasteiger partial charge in [-0.2, -0.15) is 4.98 Å². The van der Waals surface area contributed by atoms with Gasteiger partial charge in [0.1, 0.15) is 12.0 Å². The average Bonchev–Trinajstić information content (AvgIpc) is 2.77. The molecule has 1 aliphatic heterocycles. The van der Waals surface area contributed by atoms with E-state index in [1.165, 1.54) is 6.26 Å². The van der Waals surface area contributed by atoms with E-state index in [4.69, 9.17) is 9.52 Å². The first-order valence-corrected chi connectivity index (χ1v) is 5.67. The first kappa shape index (κ1) is 11.4. The molecule has 2 heterocycles. The lowest BCUT2D eigenvalue weighted by Crippen LogP contribution is -2.42. The number of hydrogen-bond acceptors (Lipinski definition) is 5. The van der Waals surface area contributed by atoms with Crippen molar-refractivity contribution in [2.45, 2.75) is 25.5 Å². The Hall–Kier alpha value is -1.07. The van der Waals surface area contributed by atoms with Crippen LogP contribution in [-0.2, 0) is 6.61 Å². The van der Waals surface area contributed by atoms with E-state index >= 15 is 0 Å². The minimum Gasteiger partial charge on any atom is -0.432 e. The molecule has 1 N–H and O–H groups in total. The van der Waals surface area contributed by atoms with Gasteiger partial charge in [0.05, 0.1) is 6.61 Å². The van der Waals surface area contributed by atoms with Crippen molar-refractivity contribution in [1.82, 2.24) is 9.88 Å². The smallest absolute Gasteiger partial charge is 0.297 e. The van der Waals surface area contributed by atoms with Crippen LogP contribution in [0.5, 0.6) is 0 Å². The number of rotatable bonds is 3. The van der Waals surface area contributed by atoms with Crippen LogP contribution in [0, 0.1) is 0 Å². The highest BCUT2D eigenvalue weighted by Gasteiger charge is 2.23. The summed E-state index contributed by atoms with van der Waals surface area (Å²) >= 11 is 0. The maximum Gasteiger partial charge on any atom is 0.297 e. The van der Waals surface area contributed by atoms with E-state index in [1.807, 2.05) is 7.05 Å². The second-order valence-corrected chi connectivity index (χ2v) is 4.42. The molecule has 0 amide bonds. The molecular weight excluding hydrogens is 206 g/mol. The molecule has 1 aliphatic rings. The Morgan fingerprint density at radius 3 is 2.81 bits per heavy atom. The quantitative estimate of drug-likeness (QED) is 0.820. The highest BCUT2D eigenvalue weighted by atomic mass is 16.4. The van der Waals surface area contributed by atoms with Crippen molar-refractivity contribution in [3.63, 3.8) is 0 Å². The second kappa shape index (κ2) is 4.84. The van der Waals surface area contributed by atoms with Crippen LogP contribution in [0.3, 0.4) is 0 Å². The molecule has 5 heteroatoms. The van der Waals surface area contributed by atoms with Gasteiger partial charge in [-0.1, -0.05) is 0 Å². The van der Waals surface area contributed by atoms with Gasteiger partial charge in [-0.25, -0.2) is 0 Å². The molecule has 1 aromatic heterocycles. The van der Waals surface area contributed by atoms with Crippen molar-refractivity contribution in [3.05, 3.63) is 12.0 Å². The molecule has 0 radical (unpaired) electrons. The molecular formula is C11H19N3O2. The summed E-state index contributed by atoms with van der Waals surface area (Å²) in [4.78, 5) is 8.63. The molecule has 1 fully saturated rings. The number of nitrogens with zero attached hydrogens (tertiary/aromatic N) is 3. The molecule has 5 nitrogen and oxygen atoms in total. The Morgan fingerprint density at radius 1 is 1.56 bits per heavy atom. The van der Waals surface area contributed by atoms with Gasteiger partial charge in [0.25, 0.3) is 6.01 Å². The number of aliphatic hydroxyl groups excluding tert-OH is 1. The predicted molar refractivity (Wildman–Crippen MR) is 61.3 cm³/mol. The topological polar surface area (TPSA) is 52.7 Å². The van der Waals surface area contributed by atoms with E-state index < -0.39 is 0 Å². The van der Waals surface area contributed by atoms with Gasteiger partial charge in [0.2, 0.25) is 0 Å². The van der Waals surface area contributed by atoms with Crippen molar-refractivity contribution >= 4 is 6.01 Å². The van der Waals surface area contributed by atoms with E-state index in [-0.39, 0.29) is 6.61 Å². The third-order valence-electron chi connectivity index (χ3n) is 3.24. The largest absolute Gasteiger partial charge is 0.432 e. The molecule has 0 aliphatic carbocycles. The standard InChI is InChI=1S/C11H19N3O2/c1-13-5-3-10(4-6-13)14(2)11-12-9(7-15)8-16-11/h8,10,15H,3-7H2,1-2H3. The average molecular weight is 225 g/mol. The van der Waals surface area contributed by atoms with Crippen LogP contribution < -0.4 is 4.90 Å². The minimum atomic E-state index is -0.0647. The number of hydrogen-bond donors (Lipinski definition) is 1. The van der Waals surface area contributed by atoms with E-state index in [0.717, 1.165) is 25.9 Å². The zero-order valence-corrected chi connectivity index (χ0v) is 9.89. The summed E-state index contributed by atoms with van der Waals surface area (Å²) in [6, 6.07) is 1.10. The van der Waals surface area contributed by atoms with E-state index in [0.29, 0.717) is 17.8 Å². The fourth-order valence-corrected chi connectivity index (χ4v) is 2.07. The number of aromatic nitrogens is 1. The van der Waals surface area contributed by atoms with Gasteiger partial charge < -0.3 is 19.3 Å². The summed E-state index contributed by atoms with van der Waals surface area (Å²) in [5.41, 5.74) is 0.592. The van der Waals surface area contributed by atoms with E-state index in [1.54, 1.807) is 0 Å². The number of anilines is 1. The lowest BCUT2D eigenvalue weighted by Gasteiger charge is -2.34. The Bertz CT molecular complexity index is 332. The first-order chi connectivity index (χ1) is 7.70. The normalized spacial score (nSPS) is 18.9. The minimum absolute atomic E-state index is 0.0647. The predicted octanol–water partition coefficient (Wildman–Crippen LogP) is 0.697. The van der Waals surface area contributed by atoms with Crippen LogP contribution in [0.2, 0.25) is 0 Å². The van der Waals surface area contributed by atoms with Crippen molar-refractivity contribution in [1.29, 1.82) is 0 Å². The third kappa shape index (κ3) is 2.36. The summed E-state index contributed by atoms with van der Waals surface area (Å²) in [5, 5.41) is 8.93. The summed E-state index contributed by atoms with van der Waals surface area (Å²) < 4.78 is 5.34. The van der Waals surface area contributed by atoms with E-state index in [2.05, 4.69) is 21.8 Å². The highest BCUT2D eigenvalue weighted by Crippen LogP contribution is 2.20. The zero-order chi connectivity index (χ0) is 11.5. The van der Waals surface area contributed by atoms with Gasteiger partial charge in [-0.05, 0) is 33.0 Å². The Morgan fingerprint density at radius 2 is 2.25 bits per heavy atom. The van der Waals surface area contributed by atoms with Crippen LogP contribution in [0.15, 0.2) is 10.7 Å². The lowest BCUT2D eigenvalue weighted by atomic mass is 10.0. The molecule has 0 aromatic carbocycles. The van der Waals surface area contributed by atoms with Gasteiger partial charge in [0, 0.05) is 13.1 Å². The Kier molecular flexibility index (Phi) is 3.46. The Balaban J connectivity index is 1.98. The molecule has 0 atom stereocenters. The molecule has 0 spiro atoms. The van der Waals surface area contributed by atoms with Crippen molar-refractivity contribution in [2.75, 3.05) is 32.1 Å².